The normalized spacial score (nSPS) is 13.3. The van der Waals surface area contributed by atoms with Crippen LogP contribution in [0, 0.1) is 17.3 Å². The van der Waals surface area contributed by atoms with Crippen molar-refractivity contribution in [2.24, 2.45) is 5.41 Å². The Labute approximate surface area is 233 Å². The molecule has 40 heavy (non-hydrogen) atoms. The van der Waals surface area contributed by atoms with E-state index >= 15 is 0 Å². The molecule has 0 fully saturated rings. The Morgan fingerprint density at radius 3 is 2.58 bits per heavy atom. The monoisotopic (exact) mass is 565 g/mol. The van der Waals surface area contributed by atoms with Crippen molar-refractivity contribution in [3.05, 3.63) is 49.6 Å². The number of nitrogens with zero attached hydrogens (tertiary/aromatic N) is 3. The number of aromatic amines is 1. The predicted molar refractivity (Wildman–Crippen MR) is 145 cm³/mol. The van der Waals surface area contributed by atoms with Crippen molar-refractivity contribution in [1.82, 2.24) is 19.9 Å². The second-order valence-electron chi connectivity index (χ2n) is 10.0. The number of hydrogen-bond acceptors (Lipinski definition) is 10. The molecule has 1 aliphatic heterocycles. The topological polar surface area (TPSA) is 161 Å². The summed E-state index contributed by atoms with van der Waals surface area (Å²) in [6.45, 7) is 5.41. The van der Waals surface area contributed by atoms with Gasteiger partial charge in [-0.3, -0.25) is 29.5 Å². The highest BCUT2D eigenvalue weighted by Crippen LogP contribution is 2.33. The third kappa shape index (κ3) is 6.02. The molecule has 4 heterocycles. The van der Waals surface area contributed by atoms with Crippen molar-refractivity contribution in [2.75, 3.05) is 19.5 Å². The number of pyridine rings is 1. The number of H-pyrrole nitrogens is 1. The van der Waals surface area contributed by atoms with Gasteiger partial charge in [-0.25, -0.2) is 9.78 Å². The molecule has 1 atom stereocenters. The Morgan fingerprint density at radius 2 is 1.93 bits per heavy atom. The molecular formula is C27H27N5O7S. The van der Waals surface area contributed by atoms with Gasteiger partial charge in [-0.15, -0.1) is 11.3 Å². The molecule has 0 spiro atoms. The lowest BCUT2D eigenvalue weighted by Gasteiger charge is -2.25. The number of nitrogens with one attached hydrogen (secondary N) is 2. The van der Waals surface area contributed by atoms with E-state index < -0.39 is 29.0 Å². The molecule has 0 saturated carbocycles. The Kier molecular flexibility index (Phi) is 8.01. The van der Waals surface area contributed by atoms with Crippen molar-refractivity contribution in [3.8, 4) is 11.8 Å². The number of aromatic nitrogens is 3. The van der Waals surface area contributed by atoms with Crippen LogP contribution in [0.25, 0.3) is 11.0 Å². The fourth-order valence-electron chi connectivity index (χ4n) is 3.90. The molecule has 13 heteroatoms. The van der Waals surface area contributed by atoms with Crippen molar-refractivity contribution < 1.29 is 28.7 Å². The molecule has 12 nitrogen and oxygen atoms in total. The van der Waals surface area contributed by atoms with Crippen molar-refractivity contribution >= 4 is 52.1 Å². The second-order valence-corrected chi connectivity index (χ2v) is 11.1. The molecule has 0 aliphatic carbocycles. The standard InChI is InChI=1S/C27H27N5O7S/c1-27(2,3)25(37)31-26-29-21-17(22(34)30-26)10-14(12-28-21)6-7-16-11-15-13-32(23(35)20(15)40-16)18(24(36)39-5)8-9-19(33)38-4/h10-12,18H,8-9,13H2,1-5H3,(H2,28,29,30,31,34,37)/t18-/m0/s1. The molecule has 208 valence electrons. The van der Waals surface area contributed by atoms with E-state index in [-0.39, 0.29) is 48.2 Å². The molecule has 1 aliphatic rings. The summed E-state index contributed by atoms with van der Waals surface area (Å²) in [6, 6.07) is 2.41. The third-order valence-corrected chi connectivity index (χ3v) is 7.19. The zero-order chi connectivity index (χ0) is 29.2. The minimum absolute atomic E-state index is 0.00954. The van der Waals surface area contributed by atoms with Gasteiger partial charge < -0.3 is 14.4 Å². The Morgan fingerprint density at radius 1 is 1.18 bits per heavy atom. The van der Waals surface area contributed by atoms with E-state index in [0.29, 0.717) is 20.9 Å². The third-order valence-electron chi connectivity index (χ3n) is 6.11. The maximum absolute atomic E-state index is 13.1. The van der Waals surface area contributed by atoms with Gasteiger partial charge in [0, 0.05) is 30.1 Å². The smallest absolute Gasteiger partial charge is 0.328 e. The number of anilines is 1. The van der Waals surface area contributed by atoms with Crippen molar-refractivity contribution in [1.29, 1.82) is 0 Å². The largest absolute Gasteiger partial charge is 0.469 e. The number of amides is 2. The summed E-state index contributed by atoms with van der Waals surface area (Å²) in [5.41, 5.74) is 0.193. The van der Waals surface area contributed by atoms with Crippen LogP contribution in [0.5, 0.6) is 0 Å². The average molecular weight is 566 g/mol. The van der Waals surface area contributed by atoms with Crippen LogP contribution in [0.1, 0.15) is 59.3 Å². The van der Waals surface area contributed by atoms with Gasteiger partial charge in [-0.05, 0) is 24.1 Å². The number of thiophene rings is 1. The summed E-state index contributed by atoms with van der Waals surface area (Å²) in [5, 5.41) is 2.79. The van der Waals surface area contributed by atoms with Crippen molar-refractivity contribution in [2.45, 2.75) is 46.2 Å². The van der Waals surface area contributed by atoms with Crippen LogP contribution in [0.3, 0.4) is 0 Å². The first-order chi connectivity index (χ1) is 18.9. The van der Waals surface area contributed by atoms with Crippen LogP contribution in [0.15, 0.2) is 23.1 Å². The SMILES string of the molecule is COC(=O)CC[C@@H](C(=O)OC)N1Cc2cc(C#Cc3cnc4nc(NC(=O)C(C)(C)C)[nH]c(=O)c4c3)sc2C1=O. The number of carbonyl (C=O) groups excluding carboxylic acids is 4. The summed E-state index contributed by atoms with van der Waals surface area (Å²) in [7, 11) is 2.48. The second kappa shape index (κ2) is 11.3. The maximum atomic E-state index is 13.1. The molecule has 4 rings (SSSR count). The van der Waals surface area contributed by atoms with Gasteiger partial charge in [0.1, 0.15) is 6.04 Å². The molecule has 3 aromatic rings. The first-order valence-corrected chi connectivity index (χ1v) is 13.0. The number of rotatable bonds is 6. The van der Waals surface area contributed by atoms with Gasteiger partial charge in [0.2, 0.25) is 11.9 Å². The number of fused-ring (bicyclic) bond motifs is 2. The van der Waals surface area contributed by atoms with Gasteiger partial charge in [0.05, 0.1) is 29.4 Å². The fourth-order valence-corrected chi connectivity index (χ4v) is 4.88. The van der Waals surface area contributed by atoms with Crippen LogP contribution >= 0.6 is 11.3 Å². The number of carbonyl (C=O) groups is 4. The van der Waals surface area contributed by atoms with E-state index in [0.717, 1.165) is 0 Å². The van der Waals surface area contributed by atoms with Crippen LogP contribution in [0.4, 0.5) is 5.95 Å². The Balaban J connectivity index is 1.51. The highest BCUT2D eigenvalue weighted by Gasteiger charge is 2.38. The molecule has 0 saturated heterocycles. The van der Waals surface area contributed by atoms with Crippen LogP contribution in [0.2, 0.25) is 0 Å². The van der Waals surface area contributed by atoms with Gasteiger partial charge in [0.15, 0.2) is 5.65 Å². The Bertz CT molecular complexity index is 1640. The lowest BCUT2D eigenvalue weighted by Crippen LogP contribution is -2.42. The van der Waals surface area contributed by atoms with Gasteiger partial charge in [-0.1, -0.05) is 32.6 Å². The van der Waals surface area contributed by atoms with E-state index in [2.05, 4.69) is 36.8 Å². The summed E-state index contributed by atoms with van der Waals surface area (Å²) >= 11 is 1.19. The molecule has 2 N–H and O–H groups in total. The van der Waals surface area contributed by atoms with Crippen molar-refractivity contribution in [3.63, 3.8) is 0 Å². The van der Waals surface area contributed by atoms with Crippen LogP contribution in [-0.2, 0) is 30.4 Å². The minimum atomic E-state index is -0.914. The number of methoxy groups -OCH3 is 2. The van der Waals surface area contributed by atoms with Gasteiger partial charge in [0.25, 0.3) is 11.5 Å². The van der Waals surface area contributed by atoms with Gasteiger partial charge in [-0.2, -0.15) is 4.98 Å². The van der Waals surface area contributed by atoms with Crippen LogP contribution in [-0.4, -0.2) is 63.9 Å². The molecule has 0 unspecified atom stereocenters. The summed E-state index contributed by atoms with van der Waals surface area (Å²) in [6.07, 6.45) is 1.52. The molecule has 3 aromatic heterocycles. The molecule has 0 radical (unpaired) electrons. The predicted octanol–water partition coefficient (Wildman–Crippen LogP) is 2.21. The zero-order valence-electron chi connectivity index (χ0n) is 22.5. The van der Waals surface area contributed by atoms with E-state index in [1.54, 1.807) is 32.9 Å². The van der Waals surface area contributed by atoms with E-state index in [9.17, 15) is 24.0 Å². The summed E-state index contributed by atoms with van der Waals surface area (Å²) in [5.74, 6) is 4.21. The van der Waals surface area contributed by atoms with E-state index in [4.69, 9.17) is 4.74 Å². The number of hydrogen-bond donors (Lipinski definition) is 2. The molecule has 0 bridgehead atoms. The highest BCUT2D eigenvalue weighted by molar-refractivity contribution is 7.14. The summed E-state index contributed by atoms with van der Waals surface area (Å²) < 4.78 is 9.48. The molecule has 2 amide bonds. The maximum Gasteiger partial charge on any atom is 0.328 e. The number of ether oxygens (including phenoxy) is 2. The lowest BCUT2D eigenvalue weighted by atomic mass is 9.96. The van der Waals surface area contributed by atoms with Gasteiger partial charge >= 0.3 is 11.9 Å². The highest BCUT2D eigenvalue weighted by atomic mass is 32.1. The Hall–Kier alpha value is -4.57. The first-order valence-electron chi connectivity index (χ1n) is 12.2. The van der Waals surface area contributed by atoms with E-state index in [1.165, 1.54) is 36.7 Å². The number of esters is 2. The molecule has 0 aromatic carbocycles. The zero-order valence-corrected chi connectivity index (χ0v) is 23.4. The quantitative estimate of drug-likeness (QED) is 0.337. The van der Waals surface area contributed by atoms with Crippen LogP contribution < -0.4 is 10.9 Å². The average Bonchev–Trinajstić information content (AvgIpc) is 3.45. The minimum Gasteiger partial charge on any atom is -0.469 e. The lowest BCUT2D eigenvalue weighted by molar-refractivity contribution is -0.147. The first kappa shape index (κ1) is 28.4. The molecular weight excluding hydrogens is 538 g/mol. The van der Waals surface area contributed by atoms with E-state index in [1.807, 2.05) is 0 Å². The fraction of sp³-hybridized carbons (Fsp3) is 0.370. The summed E-state index contributed by atoms with van der Waals surface area (Å²) in [4.78, 5) is 75.2.